The fraction of sp³-hybridized carbons (Fsp3) is 0.667. The van der Waals surface area contributed by atoms with Crippen molar-refractivity contribution in [3.63, 3.8) is 0 Å². The Labute approximate surface area is 133 Å². The van der Waals surface area contributed by atoms with E-state index < -0.39 is 0 Å². The standard InChI is InChI=1S/C9H13.3C2H6O.Ti/c1-3-8(2)9-6-4-5-7-9;3*1-2-3;/h4-8H,3H2,1-2H3;3*3H,2H2,1H3;/q-1;;;;. The molecule has 0 heterocycles. The first-order valence-electron chi connectivity index (χ1n) is 6.63. The van der Waals surface area contributed by atoms with E-state index in [9.17, 15) is 0 Å². The molecule has 1 unspecified atom stereocenters. The number of hydrogen-bond acceptors (Lipinski definition) is 3. The van der Waals surface area contributed by atoms with Crippen LogP contribution in [0.3, 0.4) is 0 Å². The summed E-state index contributed by atoms with van der Waals surface area (Å²) in [5, 5.41) is 22.7. The SMILES string of the molecule is CCC(C)[c-]1cccc1.CCO.CCO.CCO.[Ti]. The summed E-state index contributed by atoms with van der Waals surface area (Å²) in [6, 6.07) is 8.57. The minimum atomic E-state index is 0. The predicted octanol–water partition coefficient (Wildman–Crippen LogP) is 2.91. The zero-order valence-corrected chi connectivity index (χ0v) is 14.6. The van der Waals surface area contributed by atoms with Crippen molar-refractivity contribution in [2.75, 3.05) is 19.8 Å². The van der Waals surface area contributed by atoms with E-state index in [1.165, 1.54) is 12.0 Å². The first kappa shape index (κ1) is 27.3. The van der Waals surface area contributed by atoms with E-state index in [4.69, 9.17) is 15.3 Å². The molecule has 0 aliphatic carbocycles. The van der Waals surface area contributed by atoms with Crippen molar-refractivity contribution >= 4 is 0 Å². The largest absolute Gasteiger partial charge is 0.397 e. The van der Waals surface area contributed by atoms with Gasteiger partial charge < -0.3 is 15.3 Å². The van der Waals surface area contributed by atoms with Gasteiger partial charge >= 0.3 is 0 Å². The molecule has 1 aromatic rings. The summed E-state index contributed by atoms with van der Waals surface area (Å²) in [4.78, 5) is 0. The van der Waals surface area contributed by atoms with Crippen LogP contribution in [0.15, 0.2) is 24.3 Å². The summed E-state index contributed by atoms with van der Waals surface area (Å²) in [5.41, 5.74) is 1.47. The van der Waals surface area contributed by atoms with E-state index >= 15 is 0 Å². The molecule has 1 atom stereocenters. The van der Waals surface area contributed by atoms with E-state index in [1.807, 2.05) is 0 Å². The molecule has 1 rings (SSSR count). The number of rotatable bonds is 2. The fourth-order valence-corrected chi connectivity index (χ4v) is 0.953. The van der Waals surface area contributed by atoms with Crippen molar-refractivity contribution < 1.29 is 37.0 Å². The van der Waals surface area contributed by atoms with E-state index in [-0.39, 0.29) is 41.5 Å². The maximum Gasteiger partial charge on any atom is 0.0402 e. The molecule has 3 nitrogen and oxygen atoms in total. The molecule has 1 aromatic carbocycles. The molecule has 0 saturated carbocycles. The van der Waals surface area contributed by atoms with E-state index in [0.717, 1.165) is 5.92 Å². The molecule has 0 bridgehead atoms. The van der Waals surface area contributed by atoms with Gasteiger partial charge in [-0.15, -0.1) is 0 Å². The molecule has 0 radical (unpaired) electrons. The van der Waals surface area contributed by atoms with E-state index in [2.05, 4.69) is 38.1 Å². The molecular weight excluding hydrogens is 276 g/mol. The smallest absolute Gasteiger partial charge is 0.0402 e. The molecule has 0 spiro atoms. The monoisotopic (exact) mass is 307 g/mol. The molecule has 3 N–H and O–H groups in total. The molecular formula is C15H31O3Ti-. The van der Waals surface area contributed by atoms with E-state index in [1.54, 1.807) is 20.8 Å². The average molecular weight is 307 g/mol. The van der Waals surface area contributed by atoms with Crippen LogP contribution >= 0.6 is 0 Å². The molecule has 0 aliphatic rings. The molecule has 0 amide bonds. The second-order valence-electron chi connectivity index (χ2n) is 3.48. The van der Waals surface area contributed by atoms with Gasteiger partial charge in [-0.3, -0.25) is 0 Å². The second-order valence-corrected chi connectivity index (χ2v) is 3.48. The van der Waals surface area contributed by atoms with Crippen LogP contribution in [0, 0.1) is 0 Å². The van der Waals surface area contributed by atoms with Crippen molar-refractivity contribution in [2.45, 2.75) is 47.0 Å². The first-order valence-corrected chi connectivity index (χ1v) is 6.63. The van der Waals surface area contributed by atoms with Crippen LogP contribution in [0.1, 0.15) is 52.5 Å². The quantitative estimate of drug-likeness (QED) is 0.581. The van der Waals surface area contributed by atoms with Crippen LogP contribution in [-0.2, 0) is 21.7 Å². The van der Waals surface area contributed by atoms with Crippen LogP contribution < -0.4 is 0 Å². The summed E-state index contributed by atoms with van der Waals surface area (Å²) < 4.78 is 0. The minimum absolute atomic E-state index is 0. The Balaban J connectivity index is -0.0000000956. The Hall–Kier alpha value is -0.0557. The predicted molar refractivity (Wildman–Crippen MR) is 79.0 cm³/mol. The van der Waals surface area contributed by atoms with Gasteiger partial charge in [0.25, 0.3) is 0 Å². The van der Waals surface area contributed by atoms with Crippen molar-refractivity contribution in [1.29, 1.82) is 0 Å². The van der Waals surface area contributed by atoms with Gasteiger partial charge in [-0.2, -0.15) is 17.7 Å². The summed E-state index contributed by atoms with van der Waals surface area (Å²) in [6.45, 7) is 10.3. The zero-order valence-electron chi connectivity index (χ0n) is 13.1. The van der Waals surface area contributed by atoms with Crippen LogP contribution in [0.4, 0.5) is 0 Å². The average Bonchev–Trinajstić information content (AvgIpc) is 2.85. The van der Waals surface area contributed by atoms with Crippen LogP contribution in [0.2, 0.25) is 0 Å². The van der Waals surface area contributed by atoms with Crippen LogP contribution in [0.5, 0.6) is 0 Å². The summed E-state index contributed by atoms with van der Waals surface area (Å²) in [5.74, 6) is 0.736. The second kappa shape index (κ2) is 26.5. The Kier molecular flexibility index (Phi) is 38.1. The molecule has 114 valence electrons. The maximum absolute atomic E-state index is 7.57. The fourth-order valence-electron chi connectivity index (χ4n) is 0.953. The Morgan fingerprint density at radius 3 is 1.32 bits per heavy atom. The molecule has 0 aromatic heterocycles. The van der Waals surface area contributed by atoms with E-state index in [0.29, 0.717) is 0 Å². The third-order valence-corrected chi connectivity index (χ3v) is 1.87. The Morgan fingerprint density at radius 2 is 1.11 bits per heavy atom. The number of hydrogen-bond donors (Lipinski definition) is 3. The third-order valence-electron chi connectivity index (χ3n) is 1.87. The molecule has 0 aliphatic heterocycles. The van der Waals surface area contributed by atoms with Crippen LogP contribution in [0.25, 0.3) is 0 Å². The molecule has 19 heavy (non-hydrogen) atoms. The van der Waals surface area contributed by atoms with Crippen molar-refractivity contribution in [1.82, 2.24) is 0 Å². The van der Waals surface area contributed by atoms with Gasteiger partial charge in [-0.05, 0) is 20.8 Å². The normalized spacial score (nSPS) is 9.26. The first-order chi connectivity index (χ1) is 8.59. The summed E-state index contributed by atoms with van der Waals surface area (Å²) in [6.07, 6.45) is 1.24. The van der Waals surface area contributed by atoms with Crippen LogP contribution in [-0.4, -0.2) is 35.1 Å². The molecule has 4 heteroatoms. The number of aliphatic hydroxyl groups is 3. The van der Waals surface area contributed by atoms with Gasteiger partial charge in [0.1, 0.15) is 0 Å². The number of aliphatic hydroxyl groups excluding tert-OH is 3. The van der Waals surface area contributed by atoms with Gasteiger partial charge in [0.2, 0.25) is 0 Å². The Bertz CT molecular complexity index is 196. The van der Waals surface area contributed by atoms with Gasteiger partial charge in [0, 0.05) is 41.5 Å². The zero-order chi connectivity index (χ0) is 14.8. The molecule has 0 fully saturated rings. The van der Waals surface area contributed by atoms with Gasteiger partial charge in [0.05, 0.1) is 0 Å². The summed E-state index contributed by atoms with van der Waals surface area (Å²) >= 11 is 0. The van der Waals surface area contributed by atoms with Gasteiger partial charge in [-0.1, -0.05) is 26.2 Å². The third kappa shape index (κ3) is 27.2. The topological polar surface area (TPSA) is 60.7 Å². The van der Waals surface area contributed by atoms with Crippen molar-refractivity contribution in [3.05, 3.63) is 29.8 Å². The van der Waals surface area contributed by atoms with Gasteiger partial charge in [0.15, 0.2) is 0 Å². The molecule has 0 saturated heterocycles. The Morgan fingerprint density at radius 1 is 0.842 bits per heavy atom. The van der Waals surface area contributed by atoms with Crippen molar-refractivity contribution in [2.24, 2.45) is 0 Å². The summed E-state index contributed by atoms with van der Waals surface area (Å²) in [7, 11) is 0. The van der Waals surface area contributed by atoms with Gasteiger partial charge in [-0.25, -0.2) is 12.1 Å². The maximum atomic E-state index is 7.57. The minimum Gasteiger partial charge on any atom is -0.397 e. The van der Waals surface area contributed by atoms with Crippen molar-refractivity contribution in [3.8, 4) is 0 Å².